The largest absolute Gasteiger partial charge is 0.434 e. The number of rotatable bonds is 4. The summed E-state index contributed by atoms with van der Waals surface area (Å²) in [6.45, 7) is -3.00. The van der Waals surface area contributed by atoms with Crippen LogP contribution in [0.3, 0.4) is 0 Å². The molecule has 2 aromatic rings. The number of nitrogens with zero attached hydrogens (tertiary/aromatic N) is 2. The van der Waals surface area contributed by atoms with Gasteiger partial charge in [0.05, 0.1) is 6.21 Å². The highest BCUT2D eigenvalue weighted by molar-refractivity contribution is 6.08. The highest BCUT2D eigenvalue weighted by Gasteiger charge is 2.51. The normalized spacial score (nSPS) is 19.2. The van der Waals surface area contributed by atoms with E-state index in [0.29, 0.717) is 18.2 Å². The van der Waals surface area contributed by atoms with E-state index < -0.39 is 24.1 Å². The van der Waals surface area contributed by atoms with Crippen LogP contribution in [0, 0.1) is 0 Å². The molecule has 2 aliphatic rings. The Labute approximate surface area is 160 Å². The summed E-state index contributed by atoms with van der Waals surface area (Å²) in [4.78, 5) is 25.2. The number of hydrogen-bond acceptors (Lipinski definition) is 4. The van der Waals surface area contributed by atoms with Gasteiger partial charge in [-0.15, -0.1) is 5.01 Å². The number of imide groups is 1. The highest BCUT2D eigenvalue weighted by atomic mass is 19.3. The summed E-state index contributed by atoms with van der Waals surface area (Å²) in [5.74, 6) is -0.470. The topological polar surface area (TPSA) is 71.0 Å². The van der Waals surface area contributed by atoms with Crippen molar-refractivity contribution in [2.24, 2.45) is 5.10 Å². The van der Waals surface area contributed by atoms with E-state index in [1.807, 2.05) is 12.1 Å². The van der Waals surface area contributed by atoms with E-state index in [-0.39, 0.29) is 11.3 Å². The number of hydrazone groups is 1. The lowest BCUT2D eigenvalue weighted by Gasteiger charge is -2.29. The maximum absolute atomic E-state index is 12.8. The van der Waals surface area contributed by atoms with Gasteiger partial charge in [0.1, 0.15) is 11.3 Å². The van der Waals surface area contributed by atoms with Crippen LogP contribution in [0.4, 0.5) is 13.6 Å². The van der Waals surface area contributed by atoms with E-state index in [1.165, 1.54) is 12.3 Å². The lowest BCUT2D eigenvalue weighted by molar-refractivity contribution is -0.132. The van der Waals surface area contributed by atoms with Crippen molar-refractivity contribution in [1.82, 2.24) is 10.3 Å². The standard InChI is InChI=1S/C20H19F2N3O3/c21-18(22)28-16-9-8-13-6-2-3-7-14(13)15(16)12-23-25-17(26)20(24-19(25)27)10-4-1-5-11-20/h2-3,6-9,12,18H,1,4-5,10-11H2,(H,24,27). The van der Waals surface area contributed by atoms with Gasteiger partial charge in [-0.2, -0.15) is 13.9 Å². The molecule has 1 saturated carbocycles. The van der Waals surface area contributed by atoms with E-state index in [9.17, 15) is 18.4 Å². The lowest BCUT2D eigenvalue weighted by Crippen LogP contribution is -2.48. The molecule has 0 radical (unpaired) electrons. The van der Waals surface area contributed by atoms with Gasteiger partial charge in [0, 0.05) is 5.56 Å². The SMILES string of the molecule is O=C1NC2(CCCCC2)C(=O)N1N=Cc1c(OC(F)F)ccc2ccccc12. The zero-order chi connectivity index (χ0) is 19.7. The molecule has 3 amide bonds. The van der Waals surface area contributed by atoms with E-state index in [4.69, 9.17) is 0 Å². The molecule has 2 fully saturated rings. The summed E-state index contributed by atoms with van der Waals surface area (Å²) in [6, 6.07) is 9.63. The molecule has 0 aromatic heterocycles. The Morgan fingerprint density at radius 1 is 1.11 bits per heavy atom. The fourth-order valence-corrected chi connectivity index (χ4v) is 3.93. The molecule has 1 spiro atoms. The first-order chi connectivity index (χ1) is 13.5. The van der Waals surface area contributed by atoms with E-state index in [1.54, 1.807) is 18.2 Å². The number of carbonyl (C=O) groups is 2. The van der Waals surface area contributed by atoms with E-state index >= 15 is 0 Å². The van der Waals surface area contributed by atoms with Crippen LogP contribution in [-0.2, 0) is 4.79 Å². The van der Waals surface area contributed by atoms with Crippen molar-refractivity contribution in [3.63, 3.8) is 0 Å². The molecule has 1 heterocycles. The third-order valence-electron chi connectivity index (χ3n) is 5.30. The average molecular weight is 387 g/mol. The number of benzene rings is 2. The Balaban J connectivity index is 1.70. The van der Waals surface area contributed by atoms with E-state index in [2.05, 4.69) is 15.2 Å². The molecular formula is C20H19F2N3O3. The second kappa shape index (κ2) is 7.18. The van der Waals surface area contributed by atoms with Crippen molar-refractivity contribution in [1.29, 1.82) is 0 Å². The predicted octanol–water partition coefficient (Wildman–Crippen LogP) is 4.03. The molecule has 0 atom stereocenters. The van der Waals surface area contributed by atoms with Gasteiger partial charge >= 0.3 is 12.6 Å². The molecule has 8 heteroatoms. The summed E-state index contributed by atoms with van der Waals surface area (Å²) in [5, 5.41) is 9.02. The van der Waals surface area contributed by atoms with Crippen LogP contribution in [0.2, 0.25) is 0 Å². The molecule has 2 aromatic carbocycles. The molecule has 4 rings (SSSR count). The van der Waals surface area contributed by atoms with Crippen molar-refractivity contribution >= 4 is 28.9 Å². The molecular weight excluding hydrogens is 368 g/mol. The van der Waals surface area contributed by atoms with E-state index in [0.717, 1.165) is 29.7 Å². The van der Waals surface area contributed by atoms with Crippen LogP contribution >= 0.6 is 0 Å². The highest BCUT2D eigenvalue weighted by Crippen LogP contribution is 2.34. The summed E-state index contributed by atoms with van der Waals surface area (Å²) < 4.78 is 30.2. The zero-order valence-electron chi connectivity index (χ0n) is 15.0. The number of ether oxygens (including phenoxy) is 1. The third kappa shape index (κ3) is 3.19. The lowest BCUT2D eigenvalue weighted by atomic mass is 9.82. The number of fused-ring (bicyclic) bond motifs is 1. The maximum atomic E-state index is 12.8. The number of halogens is 2. The predicted molar refractivity (Wildman–Crippen MR) is 99.4 cm³/mol. The average Bonchev–Trinajstić information content (AvgIpc) is 2.90. The van der Waals surface area contributed by atoms with Crippen molar-refractivity contribution in [3.8, 4) is 5.75 Å². The summed E-state index contributed by atoms with van der Waals surface area (Å²) in [7, 11) is 0. The number of urea groups is 1. The summed E-state index contributed by atoms with van der Waals surface area (Å²) in [6.07, 6.45) is 5.14. The van der Waals surface area contributed by atoms with Crippen LogP contribution in [-0.4, -0.2) is 35.3 Å². The second-order valence-electron chi connectivity index (χ2n) is 7.01. The molecule has 28 heavy (non-hydrogen) atoms. The first-order valence-electron chi connectivity index (χ1n) is 9.17. The van der Waals surface area contributed by atoms with Crippen LogP contribution in [0.15, 0.2) is 41.5 Å². The Hall–Kier alpha value is -3.03. The van der Waals surface area contributed by atoms with Crippen LogP contribution < -0.4 is 10.1 Å². The van der Waals surface area contributed by atoms with Gasteiger partial charge in [-0.1, -0.05) is 49.6 Å². The molecule has 0 bridgehead atoms. The molecule has 6 nitrogen and oxygen atoms in total. The number of carbonyl (C=O) groups excluding carboxylic acids is 2. The molecule has 1 aliphatic heterocycles. The van der Waals surface area contributed by atoms with Crippen molar-refractivity contribution in [2.75, 3.05) is 0 Å². The quantitative estimate of drug-likeness (QED) is 0.636. The van der Waals surface area contributed by atoms with Crippen LogP contribution in [0.5, 0.6) is 5.75 Å². The smallest absolute Gasteiger partial charge is 0.387 e. The van der Waals surface area contributed by atoms with Crippen LogP contribution in [0.25, 0.3) is 10.8 Å². The first kappa shape index (κ1) is 18.3. The van der Waals surface area contributed by atoms with Crippen molar-refractivity contribution in [3.05, 3.63) is 42.0 Å². The minimum absolute atomic E-state index is 0.0723. The minimum Gasteiger partial charge on any atom is -0.434 e. The first-order valence-corrected chi connectivity index (χ1v) is 9.17. The van der Waals surface area contributed by atoms with Crippen LogP contribution in [0.1, 0.15) is 37.7 Å². The molecule has 1 saturated heterocycles. The Morgan fingerprint density at radius 2 is 1.86 bits per heavy atom. The number of alkyl halides is 2. The van der Waals surface area contributed by atoms with Gasteiger partial charge in [0.2, 0.25) is 0 Å². The second-order valence-corrected chi connectivity index (χ2v) is 7.01. The van der Waals surface area contributed by atoms with Crippen molar-refractivity contribution in [2.45, 2.75) is 44.3 Å². The van der Waals surface area contributed by atoms with Gasteiger partial charge in [-0.05, 0) is 29.7 Å². The number of amides is 3. The number of nitrogens with one attached hydrogen (secondary N) is 1. The number of hydrogen-bond donors (Lipinski definition) is 1. The zero-order valence-corrected chi connectivity index (χ0v) is 15.0. The van der Waals surface area contributed by atoms with Gasteiger partial charge in [-0.3, -0.25) is 4.79 Å². The summed E-state index contributed by atoms with van der Waals surface area (Å²) in [5.41, 5.74) is -0.614. The molecule has 0 unspecified atom stereocenters. The molecule has 1 N–H and O–H groups in total. The van der Waals surface area contributed by atoms with Gasteiger partial charge < -0.3 is 10.1 Å². The van der Waals surface area contributed by atoms with Gasteiger partial charge in [0.15, 0.2) is 0 Å². The summed E-state index contributed by atoms with van der Waals surface area (Å²) >= 11 is 0. The third-order valence-corrected chi connectivity index (χ3v) is 5.30. The van der Waals surface area contributed by atoms with Gasteiger partial charge in [0.25, 0.3) is 5.91 Å². The molecule has 1 aliphatic carbocycles. The monoisotopic (exact) mass is 387 g/mol. The fourth-order valence-electron chi connectivity index (χ4n) is 3.93. The van der Waals surface area contributed by atoms with Crippen molar-refractivity contribution < 1.29 is 23.1 Å². The Kier molecular flexibility index (Phi) is 4.70. The minimum atomic E-state index is -3.00. The molecule has 146 valence electrons. The van der Waals surface area contributed by atoms with Gasteiger partial charge in [-0.25, -0.2) is 4.79 Å². The maximum Gasteiger partial charge on any atom is 0.387 e. The Bertz CT molecular complexity index is 955. The Morgan fingerprint density at radius 3 is 2.61 bits per heavy atom. The fraction of sp³-hybridized carbons (Fsp3) is 0.350.